The number of pyridine rings is 1. The topological polar surface area (TPSA) is 42.1 Å². The number of nitrogens with two attached hydrogens (primary N) is 1. The number of aromatic nitrogens is 1. The first-order valence-corrected chi connectivity index (χ1v) is 7.21. The van der Waals surface area contributed by atoms with Gasteiger partial charge in [0.2, 0.25) is 0 Å². The molecule has 1 unspecified atom stereocenters. The molecule has 3 rings (SSSR count). The summed E-state index contributed by atoms with van der Waals surface area (Å²) < 4.78 is 0. The average molecular weight is 283 g/mol. The van der Waals surface area contributed by atoms with Gasteiger partial charge in [0.1, 0.15) is 10.8 Å². The molecule has 1 aliphatic heterocycles. The van der Waals surface area contributed by atoms with E-state index >= 15 is 0 Å². The Morgan fingerprint density at radius 1 is 1.25 bits per heavy atom. The van der Waals surface area contributed by atoms with Crippen molar-refractivity contribution >= 4 is 28.7 Å². The summed E-state index contributed by atoms with van der Waals surface area (Å²) in [4.78, 5) is 7.22. The summed E-state index contributed by atoms with van der Waals surface area (Å²) in [6.07, 6.45) is 2.23. The number of para-hydroxylation sites is 1. The van der Waals surface area contributed by atoms with Gasteiger partial charge in [-0.2, -0.15) is 0 Å². The molecule has 1 aliphatic rings. The van der Waals surface area contributed by atoms with Crippen molar-refractivity contribution in [3.63, 3.8) is 0 Å². The van der Waals surface area contributed by atoms with Gasteiger partial charge in [-0.15, -0.1) is 0 Å². The van der Waals surface area contributed by atoms with Gasteiger partial charge in [-0.25, -0.2) is 4.98 Å². The second kappa shape index (κ2) is 5.21. The molecular formula is C16H17N3S. The summed E-state index contributed by atoms with van der Waals surface area (Å²) in [6, 6.07) is 14.7. The third-order valence-electron chi connectivity index (χ3n) is 3.76. The average Bonchev–Trinajstić information content (AvgIpc) is 2.47. The first-order chi connectivity index (χ1) is 9.66. The van der Waals surface area contributed by atoms with E-state index in [1.807, 2.05) is 18.2 Å². The van der Waals surface area contributed by atoms with E-state index in [0.717, 1.165) is 18.7 Å². The van der Waals surface area contributed by atoms with Gasteiger partial charge in [-0.3, -0.25) is 0 Å². The van der Waals surface area contributed by atoms with Crippen LogP contribution in [0.5, 0.6) is 0 Å². The van der Waals surface area contributed by atoms with Gasteiger partial charge in [-0.1, -0.05) is 36.5 Å². The number of fused-ring (bicyclic) bond motifs is 1. The lowest BCUT2D eigenvalue weighted by Gasteiger charge is -2.36. The number of hydrogen-bond acceptors (Lipinski definition) is 3. The molecule has 0 fully saturated rings. The second-order valence-electron chi connectivity index (χ2n) is 5.13. The Bertz CT molecular complexity index is 654. The Kier molecular flexibility index (Phi) is 3.40. The van der Waals surface area contributed by atoms with Crippen LogP contribution >= 0.6 is 12.2 Å². The van der Waals surface area contributed by atoms with Crippen LogP contribution in [0.25, 0.3) is 0 Å². The summed E-state index contributed by atoms with van der Waals surface area (Å²) in [6.45, 7) is 2.23. The third-order valence-corrected chi connectivity index (χ3v) is 3.97. The van der Waals surface area contributed by atoms with Crippen LogP contribution in [0.15, 0.2) is 42.5 Å². The largest absolute Gasteiger partial charge is 0.388 e. The second-order valence-corrected chi connectivity index (χ2v) is 5.57. The van der Waals surface area contributed by atoms with E-state index in [9.17, 15) is 0 Å². The Labute approximate surface area is 124 Å². The Hall–Kier alpha value is -1.94. The van der Waals surface area contributed by atoms with Crippen LogP contribution in [-0.2, 0) is 6.42 Å². The molecule has 0 bridgehead atoms. The molecule has 0 aliphatic carbocycles. The highest BCUT2D eigenvalue weighted by Crippen LogP contribution is 2.35. The minimum atomic E-state index is 0.338. The zero-order chi connectivity index (χ0) is 14.1. The third kappa shape index (κ3) is 2.27. The summed E-state index contributed by atoms with van der Waals surface area (Å²) in [5, 5.41) is 0. The maximum Gasteiger partial charge on any atom is 0.134 e. The highest BCUT2D eigenvalue weighted by atomic mass is 32.1. The van der Waals surface area contributed by atoms with Crippen LogP contribution in [0, 0.1) is 0 Å². The van der Waals surface area contributed by atoms with Crippen LogP contribution in [0.4, 0.5) is 11.5 Å². The fourth-order valence-corrected chi connectivity index (χ4v) is 2.85. The molecule has 0 spiro atoms. The van der Waals surface area contributed by atoms with Crippen molar-refractivity contribution in [2.75, 3.05) is 4.90 Å². The molecule has 2 N–H and O–H groups in total. The molecule has 4 heteroatoms. The van der Waals surface area contributed by atoms with Crippen molar-refractivity contribution in [1.29, 1.82) is 0 Å². The van der Waals surface area contributed by atoms with Gasteiger partial charge in [-0.05, 0) is 43.5 Å². The van der Waals surface area contributed by atoms with Gasteiger partial charge < -0.3 is 10.6 Å². The van der Waals surface area contributed by atoms with E-state index in [0.29, 0.717) is 16.7 Å². The molecule has 1 atom stereocenters. The van der Waals surface area contributed by atoms with Gasteiger partial charge in [0.05, 0.1) is 5.69 Å². The van der Waals surface area contributed by atoms with Gasteiger partial charge in [0.25, 0.3) is 0 Å². The predicted octanol–water partition coefficient (Wildman–Crippen LogP) is 3.19. The predicted molar refractivity (Wildman–Crippen MR) is 86.5 cm³/mol. The van der Waals surface area contributed by atoms with Gasteiger partial charge in [0.15, 0.2) is 0 Å². The number of rotatable bonds is 2. The molecule has 1 aromatic heterocycles. The normalized spacial score (nSPS) is 17.6. The van der Waals surface area contributed by atoms with Gasteiger partial charge >= 0.3 is 0 Å². The molecule has 0 radical (unpaired) electrons. The summed E-state index contributed by atoms with van der Waals surface area (Å²) in [7, 11) is 0. The Morgan fingerprint density at radius 2 is 2.05 bits per heavy atom. The number of nitrogens with zero attached hydrogens (tertiary/aromatic N) is 2. The molecule has 2 aromatic rings. The van der Waals surface area contributed by atoms with Crippen molar-refractivity contribution in [3.8, 4) is 0 Å². The zero-order valence-electron chi connectivity index (χ0n) is 11.4. The molecular weight excluding hydrogens is 266 g/mol. The van der Waals surface area contributed by atoms with Crippen LogP contribution in [0.3, 0.4) is 0 Å². The summed E-state index contributed by atoms with van der Waals surface area (Å²) in [5.41, 5.74) is 8.97. The van der Waals surface area contributed by atoms with Crippen molar-refractivity contribution in [2.45, 2.75) is 25.8 Å². The molecule has 1 aromatic carbocycles. The Balaban J connectivity index is 2.09. The van der Waals surface area contributed by atoms with E-state index < -0.39 is 0 Å². The van der Waals surface area contributed by atoms with Crippen molar-refractivity contribution in [1.82, 2.24) is 4.98 Å². The molecule has 2 heterocycles. The lowest BCUT2D eigenvalue weighted by atomic mass is 9.96. The molecule has 0 saturated heterocycles. The summed E-state index contributed by atoms with van der Waals surface area (Å²) in [5.74, 6) is 0.912. The van der Waals surface area contributed by atoms with Crippen molar-refractivity contribution in [2.24, 2.45) is 5.73 Å². The minimum absolute atomic E-state index is 0.338. The molecule has 0 amide bonds. The number of anilines is 2. The molecule has 0 saturated carbocycles. The van der Waals surface area contributed by atoms with Crippen LogP contribution in [0.2, 0.25) is 0 Å². The van der Waals surface area contributed by atoms with Crippen LogP contribution in [-0.4, -0.2) is 16.0 Å². The first-order valence-electron chi connectivity index (χ1n) is 6.81. The maximum absolute atomic E-state index is 5.69. The fraction of sp³-hybridized carbons (Fsp3) is 0.250. The van der Waals surface area contributed by atoms with E-state index in [1.165, 1.54) is 11.3 Å². The highest BCUT2D eigenvalue weighted by molar-refractivity contribution is 7.80. The van der Waals surface area contributed by atoms with Crippen LogP contribution < -0.4 is 10.6 Å². The van der Waals surface area contributed by atoms with E-state index in [4.69, 9.17) is 18.0 Å². The lowest BCUT2D eigenvalue weighted by Crippen LogP contribution is -2.34. The SMILES string of the molecule is CC1CCc2ccccc2N1c1cccc(C(N)=S)n1. The summed E-state index contributed by atoms with van der Waals surface area (Å²) >= 11 is 5.03. The number of hydrogen-bond donors (Lipinski definition) is 1. The van der Waals surface area contributed by atoms with Crippen molar-refractivity contribution < 1.29 is 0 Å². The number of benzene rings is 1. The molecule has 102 valence electrons. The zero-order valence-corrected chi connectivity index (χ0v) is 12.2. The molecule has 20 heavy (non-hydrogen) atoms. The van der Waals surface area contributed by atoms with Crippen LogP contribution in [0.1, 0.15) is 24.6 Å². The lowest BCUT2D eigenvalue weighted by molar-refractivity contribution is 0.613. The van der Waals surface area contributed by atoms with E-state index in [1.54, 1.807) is 0 Å². The quantitative estimate of drug-likeness (QED) is 0.860. The smallest absolute Gasteiger partial charge is 0.134 e. The van der Waals surface area contributed by atoms with Crippen molar-refractivity contribution in [3.05, 3.63) is 53.7 Å². The maximum atomic E-state index is 5.69. The monoisotopic (exact) mass is 283 g/mol. The minimum Gasteiger partial charge on any atom is -0.388 e. The first kappa shape index (κ1) is 13.1. The highest BCUT2D eigenvalue weighted by Gasteiger charge is 2.24. The Morgan fingerprint density at radius 3 is 2.85 bits per heavy atom. The van der Waals surface area contributed by atoms with E-state index in [2.05, 4.69) is 41.1 Å². The number of thiocarbonyl (C=S) groups is 1. The number of aryl methyl sites for hydroxylation is 1. The fourth-order valence-electron chi connectivity index (χ4n) is 2.73. The standard InChI is InChI=1S/C16H17N3S/c1-11-9-10-12-5-2-3-7-14(12)19(11)15-8-4-6-13(18-15)16(17)20/h2-8,11H,9-10H2,1H3,(H2,17,20). The van der Waals surface area contributed by atoms with Gasteiger partial charge in [0, 0.05) is 11.7 Å². The molecule has 3 nitrogen and oxygen atoms in total. The van der Waals surface area contributed by atoms with E-state index in [-0.39, 0.29) is 0 Å².